The lowest BCUT2D eigenvalue weighted by Crippen LogP contribution is -2.52. The molecule has 0 heterocycles. The summed E-state index contributed by atoms with van der Waals surface area (Å²) in [7, 11) is 0.773. The van der Waals surface area contributed by atoms with E-state index in [0.717, 1.165) is 52.1 Å². The van der Waals surface area contributed by atoms with Crippen LogP contribution in [-0.2, 0) is 19.0 Å². The number of alkyl halides is 8. The van der Waals surface area contributed by atoms with Crippen LogP contribution in [0.4, 0.5) is 35.1 Å². The Bertz CT molecular complexity index is 455. The topological polar surface area (TPSA) is 36.9 Å². The molecule has 0 bridgehead atoms. The highest BCUT2D eigenvalue weighted by Crippen LogP contribution is 2.50. The Balaban J connectivity index is 4.41. The van der Waals surface area contributed by atoms with Crippen LogP contribution in [0.15, 0.2) is 0 Å². The summed E-state index contributed by atoms with van der Waals surface area (Å²) in [5, 5.41) is -2.03. The second kappa shape index (κ2) is 13.9. The van der Waals surface area contributed by atoms with Crippen LogP contribution >= 0.6 is 12.0 Å². The second-order valence-electron chi connectivity index (χ2n) is 6.67. The van der Waals surface area contributed by atoms with Gasteiger partial charge in [-0.2, -0.15) is 35.1 Å². The first-order valence-electron chi connectivity index (χ1n) is 9.59. The van der Waals surface area contributed by atoms with E-state index in [-0.39, 0.29) is 6.42 Å². The third-order valence-corrected chi connectivity index (χ3v) is 4.67. The zero-order valence-electron chi connectivity index (χ0n) is 16.8. The summed E-state index contributed by atoms with van der Waals surface area (Å²) in [5.41, 5.74) is 0. The Labute approximate surface area is 175 Å². The van der Waals surface area contributed by atoms with Gasteiger partial charge in [0.15, 0.2) is 0 Å². The van der Waals surface area contributed by atoms with Crippen LogP contribution in [0.1, 0.15) is 77.6 Å². The first-order valence-corrected chi connectivity index (χ1v) is 10.3. The van der Waals surface area contributed by atoms with Crippen LogP contribution in [0.5, 0.6) is 0 Å². The lowest BCUT2D eigenvalue weighted by atomic mass is 10.0. The molecule has 0 fully saturated rings. The molecule has 0 radical (unpaired) electrons. The number of rotatable bonds is 19. The number of hydrogen-bond acceptors (Lipinski definition) is 5. The average molecular weight is 480 g/mol. The van der Waals surface area contributed by atoms with Crippen molar-refractivity contribution in [3.8, 4) is 0 Å². The first-order chi connectivity index (χ1) is 13.8. The number of unbranched alkanes of at least 4 members (excludes halogenated alkanes) is 9. The van der Waals surface area contributed by atoms with E-state index in [1.54, 1.807) is 0 Å². The highest BCUT2D eigenvalue weighted by molar-refractivity contribution is 7.95. The van der Waals surface area contributed by atoms with Gasteiger partial charge in [-0.3, -0.25) is 0 Å². The van der Waals surface area contributed by atoms with Gasteiger partial charge in [-0.25, -0.2) is 9.62 Å². The second-order valence-corrected chi connectivity index (χ2v) is 7.49. The normalized spacial score (nSPS) is 13.8. The molecule has 0 atom stereocenters. The summed E-state index contributed by atoms with van der Waals surface area (Å²) in [6.45, 7) is 2.09. The summed E-state index contributed by atoms with van der Waals surface area (Å²) in [4.78, 5) is 3.68. The highest BCUT2D eigenvalue weighted by Gasteiger charge is 2.69. The molecule has 30 heavy (non-hydrogen) atoms. The molecule has 0 aliphatic carbocycles. The van der Waals surface area contributed by atoms with Gasteiger partial charge in [0.1, 0.15) is 12.0 Å². The van der Waals surface area contributed by atoms with Gasteiger partial charge in [-0.1, -0.05) is 69.7 Å². The Morgan fingerprint density at radius 1 is 0.667 bits per heavy atom. The third kappa shape index (κ3) is 10.8. The zero-order chi connectivity index (χ0) is 23.3. The molecule has 0 N–H and O–H groups in total. The fraction of sp³-hybridized carbons (Fsp3) is 1.00. The first kappa shape index (κ1) is 29.6. The smallest absolute Gasteiger partial charge is 0.245 e. The van der Waals surface area contributed by atoms with Crippen LogP contribution in [0.2, 0.25) is 0 Å². The van der Waals surface area contributed by atoms with Crippen molar-refractivity contribution in [2.75, 3.05) is 7.11 Å². The molecule has 0 amide bonds. The summed E-state index contributed by atoms with van der Waals surface area (Å²) < 4.78 is 113. The van der Waals surface area contributed by atoms with Crippen molar-refractivity contribution in [2.24, 2.45) is 0 Å². The van der Waals surface area contributed by atoms with Crippen molar-refractivity contribution in [1.82, 2.24) is 0 Å². The number of hydrogen-bond donors (Lipinski definition) is 0. The van der Waals surface area contributed by atoms with Gasteiger partial charge >= 0.3 is 23.4 Å². The number of halogens is 8. The molecule has 0 unspecified atom stereocenters. The lowest BCUT2D eigenvalue weighted by molar-refractivity contribution is -0.464. The van der Waals surface area contributed by atoms with Crippen molar-refractivity contribution in [3.05, 3.63) is 0 Å². The van der Waals surface area contributed by atoms with E-state index < -0.39 is 48.3 Å². The highest BCUT2D eigenvalue weighted by atomic mass is 32.2. The van der Waals surface area contributed by atoms with Crippen LogP contribution in [0, 0.1) is 0 Å². The Morgan fingerprint density at radius 2 is 1.13 bits per heavy atom. The molecule has 0 aliphatic rings. The van der Waals surface area contributed by atoms with Gasteiger partial charge in [-0.15, -0.1) is 4.33 Å². The molecule has 0 aromatic rings. The van der Waals surface area contributed by atoms with Crippen molar-refractivity contribution >= 4 is 12.0 Å². The summed E-state index contributed by atoms with van der Waals surface area (Å²) >= 11 is -1.44. The molecular weight excluding hydrogens is 452 g/mol. The van der Waals surface area contributed by atoms with Gasteiger partial charge < -0.3 is 0 Å². The molecule has 0 rings (SSSR count). The predicted octanol–water partition coefficient (Wildman–Crippen LogP) is 7.89. The van der Waals surface area contributed by atoms with E-state index >= 15 is 0 Å². The van der Waals surface area contributed by atoms with E-state index in [2.05, 4.69) is 25.9 Å². The maximum Gasteiger partial charge on any atom is 0.436 e. The van der Waals surface area contributed by atoms with E-state index in [1.165, 1.54) is 0 Å². The monoisotopic (exact) mass is 480 g/mol. The number of ether oxygens (including phenoxy) is 1. The van der Waals surface area contributed by atoms with Crippen molar-refractivity contribution in [3.63, 3.8) is 0 Å². The zero-order valence-corrected chi connectivity index (χ0v) is 17.7. The lowest BCUT2D eigenvalue weighted by Gasteiger charge is -2.31. The minimum Gasteiger partial charge on any atom is -0.245 e. The Kier molecular flexibility index (Phi) is 13.7. The fourth-order valence-electron chi connectivity index (χ4n) is 2.41. The Morgan fingerprint density at radius 3 is 1.60 bits per heavy atom. The van der Waals surface area contributed by atoms with Gasteiger partial charge in [0, 0.05) is 6.42 Å². The fourth-order valence-corrected chi connectivity index (χ4v) is 2.72. The maximum atomic E-state index is 13.6. The van der Waals surface area contributed by atoms with Crippen LogP contribution < -0.4 is 0 Å². The van der Waals surface area contributed by atoms with Crippen molar-refractivity contribution in [2.45, 2.75) is 101 Å². The van der Waals surface area contributed by atoms with E-state index in [1.807, 2.05) is 0 Å². The molecule has 0 aliphatic heterocycles. The molecule has 182 valence electrons. The van der Waals surface area contributed by atoms with E-state index in [0.29, 0.717) is 6.42 Å². The standard InChI is InChI=1S/C17H28F8O4S/c1-3-4-5-6-7-8-9-10-11-12-13-14(18,19)15(20,21)27-16(22,23)17(24,25)30-29-28-26-2/h3-13H2,1-2H3. The van der Waals surface area contributed by atoms with Gasteiger partial charge in [0.25, 0.3) is 0 Å². The molecule has 13 heteroatoms. The molecule has 0 spiro atoms. The van der Waals surface area contributed by atoms with Gasteiger partial charge in [-0.05, 0) is 6.42 Å². The third-order valence-electron chi connectivity index (χ3n) is 4.10. The van der Waals surface area contributed by atoms with E-state index in [9.17, 15) is 35.1 Å². The SMILES string of the molecule is CCCCCCCCCCCCC(F)(F)C(F)(F)OC(F)(F)C(F)(F)SOOOC. The molecule has 0 aromatic carbocycles. The molecule has 0 aromatic heterocycles. The van der Waals surface area contributed by atoms with Crippen molar-refractivity contribution < 1.29 is 54.1 Å². The quantitative estimate of drug-likeness (QED) is 0.0618. The maximum absolute atomic E-state index is 13.6. The largest absolute Gasteiger partial charge is 0.436 e. The van der Waals surface area contributed by atoms with Crippen LogP contribution in [-0.4, -0.2) is 30.5 Å². The molecule has 4 nitrogen and oxygen atoms in total. The summed E-state index contributed by atoms with van der Waals surface area (Å²) in [6, 6.07) is 0. The summed E-state index contributed by atoms with van der Waals surface area (Å²) in [5.74, 6) is -5.07. The minimum atomic E-state index is -5.99. The molecule has 0 saturated heterocycles. The van der Waals surface area contributed by atoms with Crippen LogP contribution in [0.3, 0.4) is 0 Å². The summed E-state index contributed by atoms with van der Waals surface area (Å²) in [6.07, 6.45) is -5.99. The van der Waals surface area contributed by atoms with Crippen molar-refractivity contribution in [1.29, 1.82) is 0 Å². The minimum absolute atomic E-state index is 0.172. The van der Waals surface area contributed by atoms with Gasteiger partial charge in [0.2, 0.25) is 0 Å². The van der Waals surface area contributed by atoms with E-state index in [4.69, 9.17) is 0 Å². The Hall–Kier alpha value is -0.370. The van der Waals surface area contributed by atoms with Crippen LogP contribution in [0.25, 0.3) is 0 Å². The predicted molar refractivity (Wildman–Crippen MR) is 94.1 cm³/mol. The molecular formula is C17H28F8O4S. The molecule has 0 saturated carbocycles. The van der Waals surface area contributed by atoms with Gasteiger partial charge in [0.05, 0.1) is 7.11 Å². The average Bonchev–Trinajstić information content (AvgIpc) is 2.62.